The van der Waals surface area contributed by atoms with E-state index >= 15 is 0 Å². The third kappa shape index (κ3) is 3.99. The highest BCUT2D eigenvalue weighted by Gasteiger charge is 2.22. The molecule has 5 rings (SSSR count). The summed E-state index contributed by atoms with van der Waals surface area (Å²) < 4.78 is 22.3. The van der Waals surface area contributed by atoms with Gasteiger partial charge in [-0.3, -0.25) is 9.78 Å². The smallest absolute Gasteiger partial charge is 0.253 e. The van der Waals surface area contributed by atoms with Crippen LogP contribution in [0.1, 0.15) is 41.4 Å². The van der Waals surface area contributed by atoms with E-state index in [0.717, 1.165) is 35.7 Å². The van der Waals surface area contributed by atoms with Crippen LogP contribution in [-0.2, 0) is 11.3 Å². The van der Waals surface area contributed by atoms with Crippen molar-refractivity contribution >= 4 is 16.8 Å². The fourth-order valence-electron chi connectivity index (χ4n) is 4.16. The first-order valence-electron chi connectivity index (χ1n) is 10.7. The lowest BCUT2D eigenvalue weighted by molar-refractivity contribution is -0.0292. The van der Waals surface area contributed by atoms with Crippen molar-refractivity contribution in [2.45, 2.75) is 32.0 Å². The molecule has 1 unspecified atom stereocenters. The van der Waals surface area contributed by atoms with Crippen molar-refractivity contribution in [3.05, 3.63) is 84.3 Å². The molecule has 4 aromatic rings. The van der Waals surface area contributed by atoms with E-state index in [9.17, 15) is 9.18 Å². The zero-order valence-corrected chi connectivity index (χ0v) is 17.5. The number of rotatable bonds is 5. The average Bonchev–Trinajstić information content (AvgIpc) is 3.23. The summed E-state index contributed by atoms with van der Waals surface area (Å²) in [5.74, 6) is -0.726. The van der Waals surface area contributed by atoms with E-state index in [1.54, 1.807) is 24.5 Å². The van der Waals surface area contributed by atoms with Gasteiger partial charge in [0.2, 0.25) is 5.95 Å². The molecule has 7 heteroatoms. The highest BCUT2D eigenvalue weighted by molar-refractivity contribution is 6.08. The molecule has 0 aliphatic carbocycles. The van der Waals surface area contributed by atoms with Crippen molar-refractivity contribution in [3.8, 4) is 11.1 Å². The zero-order valence-electron chi connectivity index (χ0n) is 17.5. The van der Waals surface area contributed by atoms with Crippen LogP contribution in [0.3, 0.4) is 0 Å². The van der Waals surface area contributed by atoms with E-state index in [1.807, 2.05) is 41.1 Å². The van der Waals surface area contributed by atoms with E-state index in [0.29, 0.717) is 29.8 Å². The Labute approximate surface area is 185 Å². The summed E-state index contributed by atoms with van der Waals surface area (Å²) in [6.45, 7) is 1.10. The molecule has 0 radical (unpaired) electrons. The van der Waals surface area contributed by atoms with Crippen molar-refractivity contribution in [2.24, 2.45) is 0 Å². The lowest BCUT2D eigenvalue weighted by Crippen LogP contribution is -2.23. The van der Waals surface area contributed by atoms with E-state index < -0.39 is 5.95 Å². The third-order valence-corrected chi connectivity index (χ3v) is 5.82. The molecule has 1 aliphatic heterocycles. The van der Waals surface area contributed by atoms with Crippen molar-refractivity contribution in [1.29, 1.82) is 0 Å². The fourth-order valence-corrected chi connectivity index (χ4v) is 4.16. The van der Waals surface area contributed by atoms with E-state index in [-0.39, 0.29) is 12.1 Å². The summed E-state index contributed by atoms with van der Waals surface area (Å²) in [4.78, 5) is 20.9. The largest absolute Gasteiger partial charge is 0.358 e. The van der Waals surface area contributed by atoms with Crippen molar-refractivity contribution in [2.75, 3.05) is 6.61 Å². The van der Waals surface area contributed by atoms with Crippen LogP contribution in [0.2, 0.25) is 0 Å². The number of hydrogen-bond acceptors (Lipinski definition) is 4. The van der Waals surface area contributed by atoms with Gasteiger partial charge in [0.25, 0.3) is 5.91 Å². The number of amides is 1. The number of pyridine rings is 2. The second-order valence-electron chi connectivity index (χ2n) is 7.88. The molecule has 1 amide bonds. The van der Waals surface area contributed by atoms with Crippen molar-refractivity contribution < 1.29 is 13.9 Å². The molecule has 1 atom stereocenters. The third-order valence-electron chi connectivity index (χ3n) is 5.82. The van der Waals surface area contributed by atoms with Crippen LogP contribution in [0.25, 0.3) is 22.0 Å². The summed E-state index contributed by atoms with van der Waals surface area (Å²) in [6, 6.07) is 12.8. The zero-order chi connectivity index (χ0) is 21.9. The van der Waals surface area contributed by atoms with Crippen LogP contribution in [0.15, 0.2) is 67.3 Å². The van der Waals surface area contributed by atoms with Gasteiger partial charge in [-0.2, -0.15) is 4.39 Å². The van der Waals surface area contributed by atoms with Crippen LogP contribution < -0.4 is 5.32 Å². The quantitative estimate of drug-likeness (QED) is 0.459. The standard InChI is InChI=1S/C25H23FN4O2/c26-24-19(4-3-10-28-24)18-6-7-22-20(14-18)21(16-30(22)23-5-1-2-13-32-23)25(31)29-15-17-8-11-27-12-9-17/h3-4,6-12,14,16,23H,1-2,5,13,15H2,(H,29,31). The number of benzene rings is 1. The molecule has 1 saturated heterocycles. The second-order valence-corrected chi connectivity index (χ2v) is 7.88. The summed E-state index contributed by atoms with van der Waals surface area (Å²) in [7, 11) is 0. The maximum atomic E-state index is 14.3. The average molecular weight is 430 g/mol. The normalized spacial score (nSPS) is 16.2. The first kappa shape index (κ1) is 20.3. The number of fused-ring (bicyclic) bond motifs is 1. The van der Waals surface area contributed by atoms with Gasteiger partial charge in [-0.1, -0.05) is 6.07 Å². The summed E-state index contributed by atoms with van der Waals surface area (Å²) in [6.07, 6.45) is 9.56. The van der Waals surface area contributed by atoms with Gasteiger partial charge < -0.3 is 14.6 Å². The lowest BCUT2D eigenvalue weighted by Gasteiger charge is -2.24. The highest BCUT2D eigenvalue weighted by Crippen LogP contribution is 2.33. The molecular weight excluding hydrogens is 407 g/mol. The minimum absolute atomic E-state index is 0.117. The predicted octanol–water partition coefficient (Wildman–Crippen LogP) is 4.87. The van der Waals surface area contributed by atoms with Gasteiger partial charge in [-0.15, -0.1) is 0 Å². The maximum absolute atomic E-state index is 14.3. The first-order valence-corrected chi connectivity index (χ1v) is 10.7. The number of ether oxygens (including phenoxy) is 1. The van der Waals surface area contributed by atoms with E-state index in [4.69, 9.17) is 4.74 Å². The maximum Gasteiger partial charge on any atom is 0.253 e. The summed E-state index contributed by atoms with van der Waals surface area (Å²) >= 11 is 0. The van der Waals surface area contributed by atoms with Crippen molar-refractivity contribution in [3.63, 3.8) is 0 Å². The number of hydrogen-bond donors (Lipinski definition) is 1. The van der Waals surface area contributed by atoms with E-state index in [2.05, 4.69) is 15.3 Å². The molecular formula is C25H23FN4O2. The van der Waals surface area contributed by atoms with Gasteiger partial charge in [-0.25, -0.2) is 4.98 Å². The number of nitrogens with one attached hydrogen (secondary N) is 1. The van der Waals surface area contributed by atoms with Gasteiger partial charge >= 0.3 is 0 Å². The van der Waals surface area contributed by atoms with Gasteiger partial charge in [0, 0.05) is 48.9 Å². The predicted molar refractivity (Wildman–Crippen MR) is 119 cm³/mol. The van der Waals surface area contributed by atoms with E-state index in [1.165, 1.54) is 6.20 Å². The number of nitrogens with zero attached hydrogens (tertiary/aromatic N) is 3. The molecule has 1 aliphatic rings. The van der Waals surface area contributed by atoms with Crippen LogP contribution in [-0.4, -0.2) is 27.0 Å². The molecule has 1 N–H and O–H groups in total. The van der Waals surface area contributed by atoms with Crippen molar-refractivity contribution in [1.82, 2.24) is 19.9 Å². The molecule has 0 bridgehead atoms. The fraction of sp³-hybridized carbons (Fsp3) is 0.240. The Morgan fingerprint density at radius 2 is 2.03 bits per heavy atom. The first-order chi connectivity index (χ1) is 15.7. The SMILES string of the molecule is O=C(NCc1ccncc1)c1cn(C2CCCCO2)c2ccc(-c3cccnc3F)cc12. The Bertz CT molecular complexity index is 1250. The monoisotopic (exact) mass is 430 g/mol. The van der Waals surface area contributed by atoms with Gasteiger partial charge in [0.1, 0.15) is 6.23 Å². The van der Waals surface area contributed by atoms with Crippen LogP contribution in [0, 0.1) is 5.95 Å². The minimum Gasteiger partial charge on any atom is -0.358 e. The number of carbonyl (C=O) groups excluding carboxylic acids is 1. The highest BCUT2D eigenvalue weighted by atomic mass is 19.1. The number of carbonyl (C=O) groups is 1. The summed E-state index contributed by atoms with van der Waals surface area (Å²) in [5, 5.41) is 3.74. The second kappa shape index (κ2) is 8.88. The van der Waals surface area contributed by atoms with Gasteiger partial charge in [0.05, 0.1) is 11.1 Å². The summed E-state index contributed by atoms with van der Waals surface area (Å²) in [5.41, 5.74) is 3.46. The number of aromatic nitrogens is 3. The molecule has 6 nitrogen and oxygen atoms in total. The number of halogens is 1. The Morgan fingerprint density at radius 1 is 1.16 bits per heavy atom. The molecule has 4 heterocycles. The van der Waals surface area contributed by atoms with Gasteiger partial charge in [0.15, 0.2) is 0 Å². The van der Waals surface area contributed by atoms with Crippen LogP contribution >= 0.6 is 0 Å². The van der Waals surface area contributed by atoms with Crippen LogP contribution in [0.5, 0.6) is 0 Å². The molecule has 0 saturated carbocycles. The minimum atomic E-state index is -0.536. The molecule has 1 aromatic carbocycles. The Hall–Kier alpha value is -3.58. The molecule has 0 spiro atoms. The van der Waals surface area contributed by atoms with Crippen LogP contribution in [0.4, 0.5) is 4.39 Å². The Balaban J connectivity index is 1.55. The Morgan fingerprint density at radius 3 is 2.81 bits per heavy atom. The van der Waals surface area contributed by atoms with Gasteiger partial charge in [-0.05, 0) is 66.8 Å². The topological polar surface area (TPSA) is 69.0 Å². The Kier molecular flexibility index (Phi) is 5.64. The lowest BCUT2D eigenvalue weighted by atomic mass is 10.0. The molecule has 1 fully saturated rings. The molecule has 32 heavy (non-hydrogen) atoms. The molecule has 162 valence electrons. The molecule has 3 aromatic heterocycles.